The Bertz CT molecular complexity index is 1240. The summed E-state index contributed by atoms with van der Waals surface area (Å²) in [6.45, 7) is 3.99. The van der Waals surface area contributed by atoms with E-state index in [1.165, 1.54) is 6.42 Å². The van der Waals surface area contributed by atoms with Crippen LogP contribution in [0.3, 0.4) is 0 Å². The molecule has 7 heteroatoms. The third-order valence-corrected chi connectivity index (χ3v) is 7.16. The first-order valence-electron chi connectivity index (χ1n) is 13.9. The number of nitrogens with zero attached hydrogens (tertiary/aromatic N) is 2. The van der Waals surface area contributed by atoms with Crippen LogP contribution in [0.2, 0.25) is 0 Å². The van der Waals surface area contributed by atoms with Gasteiger partial charge in [0.15, 0.2) is 0 Å². The molecular formula is C32H38N4O3. The first-order valence-corrected chi connectivity index (χ1v) is 13.9. The smallest absolute Gasteiger partial charge is 0.248 e. The number of carbonyl (C=O) groups excluding carboxylic acids is 3. The van der Waals surface area contributed by atoms with E-state index in [4.69, 9.17) is 0 Å². The largest absolute Gasteiger partial charge is 0.351 e. The first-order chi connectivity index (χ1) is 18.9. The molecule has 7 nitrogen and oxygen atoms in total. The van der Waals surface area contributed by atoms with Crippen LogP contribution >= 0.6 is 0 Å². The van der Waals surface area contributed by atoms with E-state index >= 15 is 0 Å². The molecular weight excluding hydrogens is 488 g/mol. The Kier molecular flexibility index (Phi) is 9.84. The molecule has 1 aliphatic rings. The number of aryl methyl sites for hydroxylation is 2. The van der Waals surface area contributed by atoms with Gasteiger partial charge in [-0.3, -0.25) is 19.3 Å². The molecule has 1 atom stereocenters. The molecule has 3 amide bonds. The van der Waals surface area contributed by atoms with E-state index in [-0.39, 0.29) is 36.6 Å². The highest BCUT2D eigenvalue weighted by Gasteiger charge is 2.33. The highest BCUT2D eigenvalue weighted by atomic mass is 16.2. The lowest BCUT2D eigenvalue weighted by molar-refractivity contribution is -0.127. The molecule has 2 aromatic carbocycles. The minimum absolute atomic E-state index is 0.115. The second kappa shape index (κ2) is 13.7. The normalized spacial score (nSPS) is 14.3. The van der Waals surface area contributed by atoms with Crippen LogP contribution in [0.15, 0.2) is 72.9 Å². The lowest BCUT2D eigenvalue weighted by Gasteiger charge is -2.33. The van der Waals surface area contributed by atoms with Crippen molar-refractivity contribution in [2.75, 3.05) is 10.2 Å². The van der Waals surface area contributed by atoms with Crippen molar-refractivity contribution in [3.63, 3.8) is 0 Å². The zero-order chi connectivity index (χ0) is 27.6. The van der Waals surface area contributed by atoms with Gasteiger partial charge in [-0.1, -0.05) is 72.9 Å². The summed E-state index contributed by atoms with van der Waals surface area (Å²) in [4.78, 5) is 45.9. The highest BCUT2D eigenvalue weighted by molar-refractivity contribution is 6.01. The van der Waals surface area contributed by atoms with Gasteiger partial charge in [-0.05, 0) is 62.9 Å². The van der Waals surface area contributed by atoms with Crippen molar-refractivity contribution in [2.45, 2.75) is 77.3 Å². The minimum atomic E-state index is -0.815. The van der Waals surface area contributed by atoms with E-state index < -0.39 is 6.04 Å². The predicted octanol–water partition coefficient (Wildman–Crippen LogP) is 6.03. The molecule has 0 radical (unpaired) electrons. The van der Waals surface area contributed by atoms with Gasteiger partial charge in [0.1, 0.15) is 11.9 Å². The zero-order valence-electron chi connectivity index (χ0n) is 22.9. The van der Waals surface area contributed by atoms with E-state index in [0.29, 0.717) is 17.9 Å². The maximum Gasteiger partial charge on any atom is 0.248 e. The van der Waals surface area contributed by atoms with Crippen LogP contribution in [-0.2, 0) is 14.4 Å². The molecule has 0 saturated heterocycles. The Labute approximate surface area is 231 Å². The number of pyridine rings is 1. The molecule has 3 aromatic rings. The molecule has 4 rings (SSSR count). The van der Waals surface area contributed by atoms with Gasteiger partial charge in [-0.15, -0.1) is 0 Å². The molecule has 1 heterocycles. The van der Waals surface area contributed by atoms with Crippen LogP contribution in [0.25, 0.3) is 0 Å². The number of nitrogens with one attached hydrogen (secondary N) is 2. The molecule has 39 heavy (non-hydrogen) atoms. The topological polar surface area (TPSA) is 91.4 Å². The van der Waals surface area contributed by atoms with Gasteiger partial charge in [0.2, 0.25) is 17.7 Å². The standard InChI is InChI=1S/C32H38N4O3/c1-23-14-18-25(19-15-23)31(32(39)34-26-9-4-3-5-10-26)36(27-20-16-24(2)17-21-27)30(38)13-8-12-29(37)35-28-11-6-7-22-33-28/h6-7,11,14-22,26,31H,3-5,8-10,12-13H2,1-2H3,(H,34,39)(H,33,35,37)/t31-/m0/s1. The fraction of sp³-hybridized carbons (Fsp3) is 0.375. The first kappa shape index (κ1) is 28.0. The predicted molar refractivity (Wildman–Crippen MR) is 154 cm³/mol. The third-order valence-electron chi connectivity index (χ3n) is 7.16. The van der Waals surface area contributed by atoms with Crippen molar-refractivity contribution in [2.24, 2.45) is 0 Å². The van der Waals surface area contributed by atoms with Crippen LogP contribution in [0.5, 0.6) is 0 Å². The van der Waals surface area contributed by atoms with Crippen LogP contribution in [0.4, 0.5) is 11.5 Å². The van der Waals surface area contributed by atoms with Crippen molar-refractivity contribution >= 4 is 29.2 Å². The van der Waals surface area contributed by atoms with Crippen molar-refractivity contribution < 1.29 is 14.4 Å². The lowest BCUT2D eigenvalue weighted by Crippen LogP contribution is -2.47. The van der Waals surface area contributed by atoms with Gasteiger partial charge in [-0.25, -0.2) is 4.98 Å². The van der Waals surface area contributed by atoms with Gasteiger partial charge in [0, 0.05) is 30.8 Å². The van der Waals surface area contributed by atoms with E-state index in [2.05, 4.69) is 15.6 Å². The van der Waals surface area contributed by atoms with Crippen molar-refractivity contribution in [3.8, 4) is 0 Å². The summed E-state index contributed by atoms with van der Waals surface area (Å²) >= 11 is 0. The number of amides is 3. The Morgan fingerprint density at radius 2 is 1.54 bits per heavy atom. The molecule has 0 spiro atoms. The Hall–Kier alpha value is -4.00. The van der Waals surface area contributed by atoms with Gasteiger partial charge >= 0.3 is 0 Å². The maximum absolute atomic E-state index is 13.9. The van der Waals surface area contributed by atoms with E-state index in [0.717, 1.165) is 42.4 Å². The monoisotopic (exact) mass is 526 g/mol. The van der Waals surface area contributed by atoms with Crippen LogP contribution in [-0.4, -0.2) is 28.7 Å². The molecule has 2 N–H and O–H groups in total. The summed E-state index contributed by atoms with van der Waals surface area (Å²) in [5, 5.41) is 6.01. The number of hydrogen-bond acceptors (Lipinski definition) is 4. The number of hydrogen-bond donors (Lipinski definition) is 2. The van der Waals surface area contributed by atoms with Gasteiger partial charge in [-0.2, -0.15) is 0 Å². The number of rotatable bonds is 10. The Morgan fingerprint density at radius 3 is 2.18 bits per heavy atom. The van der Waals surface area contributed by atoms with Gasteiger partial charge in [0.25, 0.3) is 0 Å². The summed E-state index contributed by atoms with van der Waals surface area (Å²) in [6.07, 6.45) is 7.56. The van der Waals surface area contributed by atoms with Crippen LogP contribution < -0.4 is 15.5 Å². The van der Waals surface area contributed by atoms with E-state index in [9.17, 15) is 14.4 Å². The number of aromatic nitrogens is 1. The summed E-state index contributed by atoms with van der Waals surface area (Å²) in [7, 11) is 0. The van der Waals surface area contributed by atoms with Gasteiger partial charge < -0.3 is 10.6 Å². The summed E-state index contributed by atoms with van der Waals surface area (Å²) in [5.41, 5.74) is 3.57. The number of carbonyl (C=O) groups is 3. The maximum atomic E-state index is 13.9. The molecule has 1 fully saturated rings. The highest BCUT2D eigenvalue weighted by Crippen LogP contribution is 2.30. The van der Waals surface area contributed by atoms with Crippen molar-refractivity contribution in [3.05, 3.63) is 89.6 Å². The molecule has 204 valence electrons. The number of benzene rings is 2. The van der Waals surface area contributed by atoms with Crippen molar-refractivity contribution in [1.82, 2.24) is 10.3 Å². The fourth-order valence-corrected chi connectivity index (χ4v) is 5.00. The Morgan fingerprint density at radius 1 is 0.872 bits per heavy atom. The molecule has 1 aliphatic carbocycles. The minimum Gasteiger partial charge on any atom is -0.351 e. The quantitative estimate of drug-likeness (QED) is 0.337. The fourth-order valence-electron chi connectivity index (χ4n) is 5.00. The SMILES string of the molecule is Cc1ccc([C@@H](C(=O)NC2CCCCC2)N(C(=O)CCCC(=O)Nc2ccccn2)c2ccc(C)cc2)cc1. The number of anilines is 2. The summed E-state index contributed by atoms with van der Waals surface area (Å²) in [5.74, 6) is -0.0936. The summed E-state index contributed by atoms with van der Waals surface area (Å²) in [6, 6.07) is 20.1. The van der Waals surface area contributed by atoms with Crippen molar-refractivity contribution in [1.29, 1.82) is 0 Å². The van der Waals surface area contributed by atoms with E-state index in [1.54, 1.807) is 29.3 Å². The molecule has 0 aliphatic heterocycles. The second-order valence-corrected chi connectivity index (χ2v) is 10.4. The van der Waals surface area contributed by atoms with Crippen LogP contribution in [0.1, 0.15) is 74.1 Å². The Balaban J connectivity index is 1.56. The second-order valence-electron chi connectivity index (χ2n) is 10.4. The molecule has 0 bridgehead atoms. The average molecular weight is 527 g/mol. The molecule has 0 unspecified atom stereocenters. The lowest BCUT2D eigenvalue weighted by atomic mass is 9.94. The molecule has 1 aromatic heterocycles. The van der Waals surface area contributed by atoms with E-state index in [1.807, 2.05) is 62.4 Å². The molecule has 1 saturated carbocycles. The summed E-state index contributed by atoms with van der Waals surface area (Å²) < 4.78 is 0. The van der Waals surface area contributed by atoms with Gasteiger partial charge in [0.05, 0.1) is 0 Å². The third kappa shape index (κ3) is 7.99. The average Bonchev–Trinajstić information content (AvgIpc) is 2.94. The van der Waals surface area contributed by atoms with Crippen LogP contribution in [0, 0.1) is 13.8 Å². The zero-order valence-corrected chi connectivity index (χ0v) is 22.9.